The first-order valence-electron chi connectivity index (χ1n) is 2.97. The predicted molar refractivity (Wildman–Crippen MR) is 43.6 cm³/mol. The van der Waals surface area contributed by atoms with Crippen LogP contribution in [0.1, 0.15) is 4.88 Å². The predicted octanol–water partition coefficient (Wildman–Crippen LogP) is 1.51. The summed E-state index contributed by atoms with van der Waals surface area (Å²) in [6.45, 7) is 2.11. The number of rotatable bonds is 1. The van der Waals surface area contributed by atoms with Gasteiger partial charge < -0.3 is 5.32 Å². The Morgan fingerprint density at radius 2 is 2.09 bits per heavy atom. The van der Waals surface area contributed by atoms with Crippen molar-refractivity contribution in [2.24, 2.45) is 0 Å². The molecule has 0 radical (unpaired) electrons. The molecule has 3 nitrogen and oxygen atoms in total. The third-order valence-electron chi connectivity index (χ3n) is 1.13. The first kappa shape index (κ1) is 9.88. The molecule has 0 spiro atoms. The van der Waals surface area contributed by atoms with Gasteiger partial charge in [0.2, 0.25) is 0 Å². The minimum Gasteiger partial charge on any atom is -0.387 e. The van der Waals surface area contributed by atoms with E-state index in [9.17, 15) is 0 Å². The molecule has 0 aliphatic heterocycles. The summed E-state index contributed by atoms with van der Waals surface area (Å²) in [5.74, 6) is 0. The number of carbonyl (C=O) groups excluding carboxylic acids is 2. The fourth-order valence-electron chi connectivity index (χ4n) is 0.644. The highest BCUT2D eigenvalue weighted by atomic mass is 32.1. The topological polar surface area (TPSA) is 46.2 Å². The Morgan fingerprint density at radius 1 is 1.55 bits per heavy atom. The molecule has 0 bridgehead atoms. The van der Waals surface area contributed by atoms with Crippen LogP contribution >= 0.6 is 11.3 Å². The quantitative estimate of drug-likeness (QED) is 0.696. The summed E-state index contributed by atoms with van der Waals surface area (Å²) in [6.07, 6.45) is 0.250. The molecule has 1 heterocycles. The number of hydrogen-bond donors (Lipinski definition) is 1. The maximum atomic E-state index is 8.12. The zero-order chi connectivity index (χ0) is 8.69. The molecule has 1 rings (SSSR count). The van der Waals surface area contributed by atoms with Gasteiger partial charge in [-0.1, -0.05) is 0 Å². The van der Waals surface area contributed by atoms with Crippen molar-refractivity contribution in [2.75, 3.05) is 12.4 Å². The van der Waals surface area contributed by atoms with E-state index in [0.717, 1.165) is 0 Å². The fraction of sp³-hybridized carbons (Fsp3) is 0.286. The molecule has 60 valence electrons. The van der Waals surface area contributed by atoms with Crippen LogP contribution in [0.4, 0.5) is 5.69 Å². The van der Waals surface area contributed by atoms with Crippen molar-refractivity contribution in [1.82, 2.24) is 0 Å². The van der Waals surface area contributed by atoms with Gasteiger partial charge in [0.1, 0.15) is 0 Å². The van der Waals surface area contributed by atoms with Gasteiger partial charge in [-0.25, -0.2) is 0 Å². The molecule has 11 heavy (non-hydrogen) atoms. The summed E-state index contributed by atoms with van der Waals surface area (Å²) in [7, 11) is 1.94. The molecule has 0 unspecified atom stereocenters. The standard InChI is InChI=1S/C6H9NS.CO2/c1-5-6(7-2)3-4-8-5;2-1-3/h3-4,7H,1-2H3;. The average Bonchev–Trinajstić information content (AvgIpc) is 2.36. The van der Waals surface area contributed by atoms with E-state index in [1.807, 2.05) is 7.05 Å². The highest BCUT2D eigenvalue weighted by Crippen LogP contribution is 2.18. The largest absolute Gasteiger partial charge is 0.387 e. The van der Waals surface area contributed by atoms with E-state index in [4.69, 9.17) is 9.59 Å². The van der Waals surface area contributed by atoms with Crippen molar-refractivity contribution in [1.29, 1.82) is 0 Å². The number of hydrogen-bond acceptors (Lipinski definition) is 4. The molecule has 0 aromatic carbocycles. The van der Waals surface area contributed by atoms with Gasteiger partial charge in [-0.3, -0.25) is 0 Å². The third-order valence-corrected chi connectivity index (χ3v) is 1.97. The van der Waals surface area contributed by atoms with E-state index in [1.54, 1.807) is 11.3 Å². The van der Waals surface area contributed by atoms with Crippen LogP contribution in [0.15, 0.2) is 11.4 Å². The number of thiophene rings is 1. The molecule has 0 atom stereocenters. The Hall–Kier alpha value is -1.12. The zero-order valence-corrected chi connectivity index (χ0v) is 7.20. The molecule has 0 amide bonds. The molecule has 0 saturated carbocycles. The van der Waals surface area contributed by atoms with E-state index in [0.29, 0.717) is 0 Å². The minimum atomic E-state index is 0.250. The van der Waals surface area contributed by atoms with Crippen LogP contribution in [0.25, 0.3) is 0 Å². The van der Waals surface area contributed by atoms with Crippen molar-refractivity contribution in [3.05, 3.63) is 16.3 Å². The molecule has 4 heteroatoms. The Balaban J connectivity index is 0.000000292. The fourth-order valence-corrected chi connectivity index (χ4v) is 1.35. The van der Waals surface area contributed by atoms with Crippen LogP contribution in [0.3, 0.4) is 0 Å². The Morgan fingerprint density at radius 3 is 2.27 bits per heavy atom. The van der Waals surface area contributed by atoms with E-state index < -0.39 is 0 Å². The van der Waals surface area contributed by atoms with Crippen molar-refractivity contribution < 1.29 is 9.59 Å². The van der Waals surface area contributed by atoms with Gasteiger partial charge in [0, 0.05) is 17.6 Å². The summed E-state index contributed by atoms with van der Waals surface area (Å²) in [5, 5.41) is 5.17. The molecule has 0 aliphatic rings. The van der Waals surface area contributed by atoms with Crippen LogP contribution in [-0.2, 0) is 9.59 Å². The smallest absolute Gasteiger partial charge is 0.373 e. The second-order valence-corrected chi connectivity index (χ2v) is 2.84. The van der Waals surface area contributed by atoms with Crippen LogP contribution in [0.2, 0.25) is 0 Å². The lowest BCUT2D eigenvalue weighted by Crippen LogP contribution is -1.84. The normalized spacial score (nSPS) is 7.45. The Kier molecular flexibility index (Phi) is 5.07. The summed E-state index contributed by atoms with van der Waals surface area (Å²) >= 11 is 1.77. The lowest BCUT2D eigenvalue weighted by Gasteiger charge is -1.92. The SMILES string of the molecule is CNc1ccsc1C.O=C=O. The summed E-state index contributed by atoms with van der Waals surface area (Å²) < 4.78 is 0. The average molecular weight is 171 g/mol. The van der Waals surface area contributed by atoms with Gasteiger partial charge in [0.15, 0.2) is 0 Å². The Bertz CT molecular complexity index is 238. The monoisotopic (exact) mass is 171 g/mol. The lowest BCUT2D eigenvalue weighted by atomic mass is 10.4. The van der Waals surface area contributed by atoms with Crippen molar-refractivity contribution in [3.8, 4) is 0 Å². The maximum absolute atomic E-state index is 8.12. The minimum absolute atomic E-state index is 0.250. The third kappa shape index (κ3) is 3.55. The van der Waals surface area contributed by atoms with E-state index in [2.05, 4.69) is 23.7 Å². The number of nitrogens with one attached hydrogen (secondary N) is 1. The van der Waals surface area contributed by atoms with Crippen molar-refractivity contribution in [3.63, 3.8) is 0 Å². The van der Waals surface area contributed by atoms with Crippen LogP contribution in [0.5, 0.6) is 0 Å². The molecule has 0 saturated heterocycles. The lowest BCUT2D eigenvalue weighted by molar-refractivity contribution is -0.191. The molecule has 1 N–H and O–H groups in total. The molecule has 0 fully saturated rings. The van der Waals surface area contributed by atoms with Crippen LogP contribution < -0.4 is 5.32 Å². The number of aryl methyl sites for hydroxylation is 1. The summed E-state index contributed by atoms with van der Waals surface area (Å²) in [4.78, 5) is 17.6. The van der Waals surface area contributed by atoms with E-state index >= 15 is 0 Å². The highest BCUT2D eigenvalue weighted by Gasteiger charge is 1.91. The second kappa shape index (κ2) is 5.65. The number of anilines is 1. The van der Waals surface area contributed by atoms with Gasteiger partial charge in [0.05, 0.1) is 0 Å². The zero-order valence-electron chi connectivity index (χ0n) is 6.38. The van der Waals surface area contributed by atoms with Crippen molar-refractivity contribution >= 4 is 23.2 Å². The van der Waals surface area contributed by atoms with Crippen LogP contribution in [0, 0.1) is 6.92 Å². The Labute approximate surface area is 69.0 Å². The highest BCUT2D eigenvalue weighted by molar-refractivity contribution is 7.10. The molecule has 1 aromatic heterocycles. The molecule has 1 aromatic rings. The van der Waals surface area contributed by atoms with Gasteiger partial charge in [-0.15, -0.1) is 11.3 Å². The molecular formula is C7H9NO2S. The van der Waals surface area contributed by atoms with Gasteiger partial charge in [-0.2, -0.15) is 9.59 Å². The van der Waals surface area contributed by atoms with E-state index in [1.165, 1.54) is 10.6 Å². The first-order chi connectivity index (χ1) is 5.26. The first-order valence-corrected chi connectivity index (χ1v) is 3.85. The van der Waals surface area contributed by atoms with E-state index in [-0.39, 0.29) is 6.15 Å². The molecular weight excluding hydrogens is 162 g/mol. The summed E-state index contributed by atoms with van der Waals surface area (Å²) in [5.41, 5.74) is 1.25. The van der Waals surface area contributed by atoms with Crippen LogP contribution in [-0.4, -0.2) is 13.2 Å². The van der Waals surface area contributed by atoms with Crippen molar-refractivity contribution in [2.45, 2.75) is 6.92 Å². The molecule has 0 aliphatic carbocycles. The van der Waals surface area contributed by atoms with Gasteiger partial charge >= 0.3 is 6.15 Å². The summed E-state index contributed by atoms with van der Waals surface area (Å²) in [6, 6.07) is 2.08. The second-order valence-electron chi connectivity index (χ2n) is 1.72. The maximum Gasteiger partial charge on any atom is 0.373 e. The van der Waals surface area contributed by atoms with Gasteiger partial charge in [0.25, 0.3) is 0 Å². The van der Waals surface area contributed by atoms with Gasteiger partial charge in [-0.05, 0) is 18.4 Å².